The molecule has 3 aromatic rings. The lowest BCUT2D eigenvalue weighted by atomic mass is 9.87. The maximum Gasteiger partial charge on any atom is 0.269 e. The molecule has 1 heterocycles. The van der Waals surface area contributed by atoms with Crippen molar-refractivity contribution >= 4 is 5.69 Å². The van der Waals surface area contributed by atoms with Gasteiger partial charge in [0.2, 0.25) is 5.82 Å². The molecule has 0 saturated heterocycles. The quantitative estimate of drug-likeness (QED) is 0.519. The van der Waals surface area contributed by atoms with Gasteiger partial charge in [-0.3, -0.25) is 10.1 Å². The molecule has 0 bridgehead atoms. The first-order valence-corrected chi connectivity index (χ1v) is 7.54. The van der Waals surface area contributed by atoms with Crippen molar-refractivity contribution < 1.29 is 9.45 Å². The molecule has 0 radical (unpaired) electrons. The summed E-state index contributed by atoms with van der Waals surface area (Å²) in [6.45, 7) is 6.46. The molecule has 0 N–H and O–H groups in total. The van der Waals surface area contributed by atoms with Crippen molar-refractivity contribution in [3.63, 3.8) is 0 Å². The van der Waals surface area contributed by atoms with Gasteiger partial charge in [0.05, 0.1) is 4.92 Å². The summed E-state index contributed by atoms with van der Waals surface area (Å²) in [6, 6.07) is 14.1. The molecule has 3 rings (SSSR count). The van der Waals surface area contributed by atoms with Gasteiger partial charge in [-0.15, -0.1) is 0 Å². The number of non-ortho nitro benzene ring substituents is 1. The minimum absolute atomic E-state index is 0.0280. The monoisotopic (exact) mass is 323 g/mol. The van der Waals surface area contributed by atoms with Gasteiger partial charge in [-0.1, -0.05) is 38.1 Å². The molecule has 0 aliphatic heterocycles. The Hall–Kier alpha value is -3.02. The zero-order valence-corrected chi connectivity index (χ0v) is 13.7. The number of nitro benzene ring substituents is 1. The zero-order chi connectivity index (χ0) is 17.3. The van der Waals surface area contributed by atoms with Gasteiger partial charge in [-0.2, -0.15) is 4.98 Å². The highest BCUT2D eigenvalue weighted by Gasteiger charge is 2.15. The van der Waals surface area contributed by atoms with Crippen LogP contribution in [0.2, 0.25) is 0 Å². The van der Waals surface area contributed by atoms with E-state index in [0.29, 0.717) is 17.3 Å². The van der Waals surface area contributed by atoms with Crippen molar-refractivity contribution in [3.05, 3.63) is 64.2 Å². The second-order valence-electron chi connectivity index (χ2n) is 6.55. The number of hydrogen-bond donors (Lipinski definition) is 0. The Labute approximate surface area is 139 Å². The van der Waals surface area contributed by atoms with Crippen molar-refractivity contribution in [1.29, 1.82) is 0 Å². The van der Waals surface area contributed by atoms with Crippen LogP contribution in [0.3, 0.4) is 0 Å². The van der Waals surface area contributed by atoms with Crippen LogP contribution in [0.5, 0.6) is 0 Å². The normalized spacial score (nSPS) is 11.5. The molecule has 2 aromatic carbocycles. The smallest absolute Gasteiger partial charge is 0.269 e. The Balaban J connectivity index is 1.86. The maximum absolute atomic E-state index is 10.7. The topological polar surface area (TPSA) is 82.1 Å². The molecule has 24 heavy (non-hydrogen) atoms. The predicted octanol–water partition coefficient (Wildman–Crippen LogP) is 4.61. The molecule has 122 valence electrons. The second-order valence-corrected chi connectivity index (χ2v) is 6.55. The molecule has 0 saturated carbocycles. The summed E-state index contributed by atoms with van der Waals surface area (Å²) in [6.07, 6.45) is 0. The largest absolute Gasteiger partial charge is 0.334 e. The molecule has 0 amide bonds. The molecular weight excluding hydrogens is 306 g/mol. The molecule has 0 atom stereocenters. The Kier molecular flexibility index (Phi) is 3.89. The molecule has 0 aliphatic rings. The molecule has 0 unspecified atom stereocenters. The third-order valence-electron chi connectivity index (χ3n) is 3.76. The van der Waals surface area contributed by atoms with E-state index in [-0.39, 0.29) is 11.1 Å². The standard InChI is InChI=1S/C18H17N3O3/c1-18(2,3)14-8-4-13(5-9-14)17-19-16(20-24-17)12-6-10-15(11-7-12)21(22)23/h4-11H,1-3H3. The maximum atomic E-state index is 10.7. The highest BCUT2D eigenvalue weighted by molar-refractivity contribution is 5.61. The van der Waals surface area contributed by atoms with Gasteiger partial charge in [0.1, 0.15) is 0 Å². The van der Waals surface area contributed by atoms with Gasteiger partial charge >= 0.3 is 0 Å². The first kappa shape index (κ1) is 15.9. The summed E-state index contributed by atoms with van der Waals surface area (Å²) in [4.78, 5) is 14.6. The van der Waals surface area contributed by atoms with Gasteiger partial charge in [0, 0.05) is 23.3 Å². The fraction of sp³-hybridized carbons (Fsp3) is 0.222. The van der Waals surface area contributed by atoms with E-state index >= 15 is 0 Å². The van der Waals surface area contributed by atoms with Gasteiger partial charge < -0.3 is 4.52 Å². The highest BCUT2D eigenvalue weighted by Crippen LogP contribution is 2.27. The van der Waals surface area contributed by atoms with Crippen LogP contribution >= 0.6 is 0 Å². The van der Waals surface area contributed by atoms with Crippen LogP contribution in [0.4, 0.5) is 5.69 Å². The Bertz CT molecular complexity index is 860. The summed E-state index contributed by atoms with van der Waals surface area (Å²) in [7, 11) is 0. The average molecular weight is 323 g/mol. The average Bonchev–Trinajstić information content (AvgIpc) is 3.04. The van der Waals surface area contributed by atoms with Crippen LogP contribution in [-0.2, 0) is 5.41 Å². The zero-order valence-electron chi connectivity index (χ0n) is 13.7. The summed E-state index contributed by atoms with van der Waals surface area (Å²) >= 11 is 0. The third-order valence-corrected chi connectivity index (χ3v) is 3.76. The number of hydrogen-bond acceptors (Lipinski definition) is 5. The van der Waals surface area contributed by atoms with E-state index in [1.165, 1.54) is 17.7 Å². The molecule has 0 fully saturated rings. The van der Waals surface area contributed by atoms with Crippen molar-refractivity contribution in [2.75, 3.05) is 0 Å². The van der Waals surface area contributed by atoms with Crippen LogP contribution in [0.1, 0.15) is 26.3 Å². The minimum atomic E-state index is -0.442. The Morgan fingerprint density at radius 2 is 1.54 bits per heavy atom. The fourth-order valence-electron chi connectivity index (χ4n) is 2.30. The highest BCUT2D eigenvalue weighted by atomic mass is 16.6. The second kappa shape index (κ2) is 5.88. The van der Waals surface area contributed by atoms with E-state index in [1.807, 2.05) is 24.3 Å². The lowest BCUT2D eigenvalue weighted by Gasteiger charge is -2.18. The van der Waals surface area contributed by atoms with Gasteiger partial charge in [-0.05, 0) is 35.2 Å². The first-order valence-electron chi connectivity index (χ1n) is 7.54. The van der Waals surface area contributed by atoms with Crippen LogP contribution in [-0.4, -0.2) is 15.1 Å². The number of nitro groups is 1. The lowest BCUT2D eigenvalue weighted by molar-refractivity contribution is -0.384. The Morgan fingerprint density at radius 1 is 0.958 bits per heavy atom. The summed E-state index contributed by atoms with van der Waals surface area (Å²) in [5, 5.41) is 14.6. The van der Waals surface area contributed by atoms with E-state index in [4.69, 9.17) is 4.52 Å². The lowest BCUT2D eigenvalue weighted by Crippen LogP contribution is -2.10. The third kappa shape index (κ3) is 3.17. The van der Waals surface area contributed by atoms with Crippen molar-refractivity contribution in [1.82, 2.24) is 10.1 Å². The fourth-order valence-corrected chi connectivity index (χ4v) is 2.30. The Morgan fingerprint density at radius 3 is 2.08 bits per heavy atom. The SMILES string of the molecule is CC(C)(C)c1ccc(-c2nc(-c3ccc([N+](=O)[O-])cc3)no2)cc1. The number of nitrogens with zero attached hydrogens (tertiary/aromatic N) is 3. The van der Waals surface area contributed by atoms with E-state index in [2.05, 4.69) is 30.9 Å². The number of rotatable bonds is 3. The van der Waals surface area contributed by atoms with Crippen LogP contribution in [0.15, 0.2) is 53.1 Å². The van der Waals surface area contributed by atoms with E-state index in [0.717, 1.165) is 5.56 Å². The summed E-state index contributed by atoms with van der Waals surface area (Å²) < 4.78 is 5.31. The van der Waals surface area contributed by atoms with Gasteiger partial charge in [0.15, 0.2) is 0 Å². The van der Waals surface area contributed by atoms with Crippen LogP contribution < -0.4 is 0 Å². The van der Waals surface area contributed by atoms with Crippen molar-refractivity contribution in [2.24, 2.45) is 0 Å². The molecule has 1 aromatic heterocycles. The van der Waals surface area contributed by atoms with E-state index < -0.39 is 4.92 Å². The molecular formula is C18H17N3O3. The van der Waals surface area contributed by atoms with Crippen LogP contribution in [0.25, 0.3) is 22.8 Å². The van der Waals surface area contributed by atoms with Crippen molar-refractivity contribution in [3.8, 4) is 22.8 Å². The summed E-state index contributed by atoms with van der Waals surface area (Å²) in [5.74, 6) is 0.823. The molecule has 0 spiro atoms. The van der Waals surface area contributed by atoms with E-state index in [9.17, 15) is 10.1 Å². The van der Waals surface area contributed by atoms with Crippen molar-refractivity contribution in [2.45, 2.75) is 26.2 Å². The van der Waals surface area contributed by atoms with Crippen LogP contribution in [0, 0.1) is 10.1 Å². The summed E-state index contributed by atoms with van der Waals surface area (Å²) in [5.41, 5.74) is 2.84. The molecule has 6 nitrogen and oxygen atoms in total. The predicted molar refractivity (Wildman–Crippen MR) is 90.5 cm³/mol. The minimum Gasteiger partial charge on any atom is -0.334 e. The number of aromatic nitrogens is 2. The molecule has 6 heteroatoms. The van der Waals surface area contributed by atoms with Gasteiger partial charge in [0.25, 0.3) is 11.6 Å². The molecule has 0 aliphatic carbocycles. The van der Waals surface area contributed by atoms with Gasteiger partial charge in [-0.25, -0.2) is 0 Å². The van der Waals surface area contributed by atoms with E-state index in [1.54, 1.807) is 12.1 Å². The number of benzene rings is 2. The first-order chi connectivity index (χ1) is 11.3.